The minimum atomic E-state index is -0.792. The Morgan fingerprint density at radius 3 is 2.29 bits per heavy atom. The summed E-state index contributed by atoms with van der Waals surface area (Å²) >= 11 is 0. The van der Waals surface area contributed by atoms with Crippen LogP contribution in [-0.2, 0) is 9.53 Å². The number of nitrogens with one attached hydrogen (secondary N) is 1. The predicted molar refractivity (Wildman–Crippen MR) is 23.9 cm³/mol. The Labute approximate surface area is 40.8 Å². The zero-order valence-corrected chi connectivity index (χ0v) is 3.89. The molecular weight excluding hydrogens is 96.0 g/mol. The highest BCUT2D eigenvalue weighted by Gasteiger charge is 1.99. The summed E-state index contributed by atoms with van der Waals surface area (Å²) in [5.74, 6) is -1.36. The van der Waals surface area contributed by atoms with Crippen molar-refractivity contribution in [1.29, 1.82) is 5.41 Å². The van der Waals surface area contributed by atoms with Gasteiger partial charge in [0.15, 0.2) is 0 Å². The smallest absolute Gasteiger partial charge is 0.372 e. The molecule has 0 heterocycles. The van der Waals surface area contributed by atoms with E-state index in [1.807, 2.05) is 0 Å². The van der Waals surface area contributed by atoms with Crippen molar-refractivity contribution in [3.8, 4) is 0 Å². The third kappa shape index (κ3) is 1.75. The van der Waals surface area contributed by atoms with Gasteiger partial charge in [0, 0.05) is 0 Å². The third-order valence-electron chi connectivity index (χ3n) is 0.405. The molecule has 4 heteroatoms. The molecule has 0 atom stereocenters. The van der Waals surface area contributed by atoms with Crippen LogP contribution >= 0.6 is 0 Å². The van der Waals surface area contributed by atoms with Crippen LogP contribution in [0.1, 0.15) is 0 Å². The summed E-state index contributed by atoms with van der Waals surface area (Å²) < 4.78 is 4.02. The van der Waals surface area contributed by atoms with Crippen LogP contribution in [0.5, 0.6) is 0 Å². The molecule has 0 fully saturated rings. The van der Waals surface area contributed by atoms with Gasteiger partial charge in [-0.2, -0.15) is 0 Å². The van der Waals surface area contributed by atoms with Gasteiger partial charge < -0.3 is 10.5 Å². The first kappa shape index (κ1) is 5.94. The number of hydrogen-bond acceptors (Lipinski definition) is 3. The molecular formula is C3H6N2O2. The van der Waals surface area contributed by atoms with Gasteiger partial charge in [-0.15, -0.1) is 0 Å². The van der Waals surface area contributed by atoms with Gasteiger partial charge in [0.25, 0.3) is 0 Å². The predicted octanol–water partition coefficient (Wildman–Crippen LogP) is -0.905. The second-order valence-electron chi connectivity index (χ2n) is 0.905. The quantitative estimate of drug-likeness (QED) is 0.236. The summed E-state index contributed by atoms with van der Waals surface area (Å²) in [6.07, 6.45) is 0. The number of methoxy groups -OCH3 is 1. The molecule has 0 bridgehead atoms. The van der Waals surface area contributed by atoms with Crippen molar-refractivity contribution in [2.75, 3.05) is 7.11 Å². The Morgan fingerprint density at radius 2 is 2.29 bits per heavy atom. The second-order valence-corrected chi connectivity index (χ2v) is 0.905. The van der Waals surface area contributed by atoms with E-state index in [0.29, 0.717) is 0 Å². The molecule has 0 radical (unpaired) electrons. The lowest BCUT2D eigenvalue weighted by Gasteiger charge is -1.89. The molecule has 3 N–H and O–H groups in total. The molecule has 0 aromatic heterocycles. The van der Waals surface area contributed by atoms with E-state index in [9.17, 15) is 4.79 Å². The Balaban J connectivity index is 3.58. The number of carbonyl (C=O) groups is 1. The summed E-state index contributed by atoms with van der Waals surface area (Å²) in [6, 6.07) is 0. The van der Waals surface area contributed by atoms with Crippen molar-refractivity contribution in [2.24, 2.45) is 5.73 Å². The van der Waals surface area contributed by atoms with E-state index < -0.39 is 11.8 Å². The van der Waals surface area contributed by atoms with Gasteiger partial charge in [0.2, 0.25) is 5.84 Å². The van der Waals surface area contributed by atoms with Crippen LogP contribution in [0, 0.1) is 5.41 Å². The standard InChI is InChI=1S/C3H6N2O2/c1-7-3(6)2(4)5/h1H3,(H3,4,5). The van der Waals surface area contributed by atoms with E-state index in [1.54, 1.807) is 0 Å². The highest BCUT2D eigenvalue weighted by atomic mass is 16.5. The number of amidine groups is 1. The largest absolute Gasteiger partial charge is 0.463 e. The van der Waals surface area contributed by atoms with Gasteiger partial charge in [-0.25, -0.2) is 4.79 Å². The molecule has 0 saturated carbocycles. The number of ether oxygens (including phenoxy) is 1. The molecule has 0 spiro atoms. The first-order valence-corrected chi connectivity index (χ1v) is 1.61. The maximum absolute atomic E-state index is 9.94. The van der Waals surface area contributed by atoms with Crippen LogP contribution in [0.4, 0.5) is 0 Å². The highest BCUT2D eigenvalue weighted by molar-refractivity contribution is 6.33. The maximum Gasteiger partial charge on any atom is 0.372 e. The zero-order chi connectivity index (χ0) is 5.86. The van der Waals surface area contributed by atoms with E-state index in [0.717, 1.165) is 0 Å². The highest BCUT2D eigenvalue weighted by Crippen LogP contribution is 1.66. The van der Waals surface area contributed by atoms with E-state index in [4.69, 9.17) is 5.41 Å². The van der Waals surface area contributed by atoms with Crippen molar-refractivity contribution < 1.29 is 9.53 Å². The van der Waals surface area contributed by atoms with Gasteiger partial charge in [-0.3, -0.25) is 5.41 Å². The number of carbonyl (C=O) groups excluding carboxylic acids is 1. The number of esters is 1. The molecule has 4 nitrogen and oxygen atoms in total. The number of hydrogen-bond donors (Lipinski definition) is 2. The molecule has 0 aliphatic carbocycles. The summed E-state index contributed by atoms with van der Waals surface area (Å²) in [6.45, 7) is 0. The third-order valence-corrected chi connectivity index (χ3v) is 0.405. The summed E-state index contributed by atoms with van der Waals surface area (Å²) in [7, 11) is 1.17. The lowest BCUT2D eigenvalue weighted by molar-refractivity contribution is -0.132. The van der Waals surface area contributed by atoms with Crippen LogP contribution in [-0.4, -0.2) is 18.9 Å². The minimum Gasteiger partial charge on any atom is -0.463 e. The Kier molecular flexibility index (Phi) is 1.84. The average Bonchev–Trinajstić information content (AvgIpc) is 1.65. The van der Waals surface area contributed by atoms with Crippen molar-refractivity contribution in [2.45, 2.75) is 0 Å². The van der Waals surface area contributed by atoms with E-state index in [1.165, 1.54) is 7.11 Å². The van der Waals surface area contributed by atoms with E-state index in [-0.39, 0.29) is 0 Å². The van der Waals surface area contributed by atoms with Crippen molar-refractivity contribution in [1.82, 2.24) is 0 Å². The van der Waals surface area contributed by atoms with E-state index >= 15 is 0 Å². The lowest BCUT2D eigenvalue weighted by atomic mass is 10.6. The zero-order valence-electron chi connectivity index (χ0n) is 3.89. The van der Waals surface area contributed by atoms with Gasteiger partial charge >= 0.3 is 5.97 Å². The molecule has 0 rings (SSSR count). The molecule has 0 aliphatic rings. The van der Waals surface area contributed by atoms with Crippen molar-refractivity contribution in [3.05, 3.63) is 0 Å². The van der Waals surface area contributed by atoms with Crippen LogP contribution in [0.15, 0.2) is 0 Å². The monoisotopic (exact) mass is 102 g/mol. The normalized spacial score (nSPS) is 7.57. The molecule has 0 aliphatic heterocycles. The average molecular weight is 102 g/mol. The van der Waals surface area contributed by atoms with Crippen LogP contribution in [0.2, 0.25) is 0 Å². The fraction of sp³-hybridized carbons (Fsp3) is 0.333. The summed E-state index contributed by atoms with van der Waals surface area (Å²) in [5, 5.41) is 6.40. The Bertz CT molecular complexity index is 99.1. The molecule has 0 aromatic carbocycles. The first-order chi connectivity index (χ1) is 3.18. The van der Waals surface area contributed by atoms with Gasteiger partial charge in [-0.05, 0) is 0 Å². The van der Waals surface area contributed by atoms with Gasteiger partial charge in [0.05, 0.1) is 7.11 Å². The summed E-state index contributed by atoms with van der Waals surface area (Å²) in [4.78, 5) is 9.94. The van der Waals surface area contributed by atoms with Crippen LogP contribution in [0.25, 0.3) is 0 Å². The topological polar surface area (TPSA) is 76.2 Å². The lowest BCUT2D eigenvalue weighted by Crippen LogP contribution is -2.23. The first-order valence-electron chi connectivity index (χ1n) is 1.61. The van der Waals surface area contributed by atoms with E-state index in [2.05, 4.69) is 10.5 Å². The SMILES string of the molecule is COC(=O)C(=N)N. The van der Waals surface area contributed by atoms with Crippen LogP contribution in [0.3, 0.4) is 0 Å². The van der Waals surface area contributed by atoms with Crippen molar-refractivity contribution >= 4 is 11.8 Å². The Morgan fingerprint density at radius 1 is 1.86 bits per heavy atom. The van der Waals surface area contributed by atoms with Gasteiger partial charge in [-0.1, -0.05) is 0 Å². The molecule has 0 saturated heterocycles. The minimum absolute atomic E-state index is 0.567. The molecule has 0 aromatic rings. The number of nitrogens with two attached hydrogens (primary N) is 1. The maximum atomic E-state index is 9.94. The Hall–Kier alpha value is -1.06. The molecule has 7 heavy (non-hydrogen) atoms. The molecule has 40 valence electrons. The fourth-order valence-corrected chi connectivity index (χ4v) is 0.110. The molecule has 0 amide bonds. The fourth-order valence-electron chi connectivity index (χ4n) is 0.110. The second kappa shape index (κ2) is 2.17. The van der Waals surface area contributed by atoms with Gasteiger partial charge in [0.1, 0.15) is 0 Å². The van der Waals surface area contributed by atoms with Crippen molar-refractivity contribution in [3.63, 3.8) is 0 Å². The summed E-state index contributed by atoms with van der Waals surface area (Å²) in [5.41, 5.74) is 4.66. The number of rotatable bonds is 0. The molecule has 0 unspecified atom stereocenters. The van der Waals surface area contributed by atoms with Crippen LogP contribution < -0.4 is 5.73 Å².